The van der Waals surface area contributed by atoms with Crippen LogP contribution in [0.3, 0.4) is 0 Å². The fourth-order valence-electron chi connectivity index (χ4n) is 2.92. The molecular formula is C21H20N2O5S2. The number of carbonyl (C=O) groups is 2. The van der Waals surface area contributed by atoms with Crippen molar-refractivity contribution in [1.29, 1.82) is 0 Å². The number of hydrogen-bond donors (Lipinski definition) is 0. The quantitative estimate of drug-likeness (QED) is 0.430. The highest BCUT2D eigenvalue weighted by atomic mass is 32.2. The van der Waals surface area contributed by atoms with Crippen molar-refractivity contribution >= 4 is 43.3 Å². The summed E-state index contributed by atoms with van der Waals surface area (Å²) in [6, 6.07) is 11.1. The van der Waals surface area contributed by atoms with Crippen LogP contribution in [-0.4, -0.2) is 37.7 Å². The molecule has 0 aliphatic heterocycles. The minimum absolute atomic E-state index is 0.00909. The molecule has 0 saturated carbocycles. The fourth-order valence-corrected chi connectivity index (χ4v) is 4.88. The van der Waals surface area contributed by atoms with E-state index >= 15 is 0 Å². The van der Waals surface area contributed by atoms with Crippen LogP contribution in [-0.2, 0) is 21.1 Å². The van der Waals surface area contributed by atoms with Gasteiger partial charge in [-0.15, -0.1) is 6.58 Å². The maximum absolute atomic E-state index is 12.8. The van der Waals surface area contributed by atoms with Crippen LogP contribution in [0.15, 0.2) is 65.0 Å². The van der Waals surface area contributed by atoms with Crippen molar-refractivity contribution in [3.05, 3.63) is 71.0 Å². The smallest absolute Gasteiger partial charge is 0.338 e. The number of nitrogens with zero attached hydrogens (tertiary/aromatic N) is 2. The van der Waals surface area contributed by atoms with E-state index in [0.29, 0.717) is 16.9 Å². The Bertz CT molecular complexity index is 1320. The lowest BCUT2D eigenvalue weighted by Gasteiger charge is -2.04. The summed E-state index contributed by atoms with van der Waals surface area (Å²) >= 11 is 1.22. The highest BCUT2D eigenvalue weighted by Gasteiger charge is 2.18. The molecule has 3 rings (SSSR count). The van der Waals surface area contributed by atoms with Gasteiger partial charge in [-0.1, -0.05) is 29.5 Å². The predicted octanol–water partition coefficient (Wildman–Crippen LogP) is 3.21. The molecule has 0 fully saturated rings. The van der Waals surface area contributed by atoms with Crippen LogP contribution in [0.4, 0.5) is 0 Å². The minimum atomic E-state index is -3.59. The molecule has 3 aromatic rings. The topological polar surface area (TPSA) is 94.8 Å². The summed E-state index contributed by atoms with van der Waals surface area (Å²) < 4.78 is 31.6. The van der Waals surface area contributed by atoms with Crippen molar-refractivity contribution in [3.8, 4) is 0 Å². The molecule has 0 spiro atoms. The molecule has 0 atom stereocenters. The maximum Gasteiger partial charge on any atom is 0.338 e. The third kappa shape index (κ3) is 4.42. The fraction of sp³-hybridized carbons (Fsp3) is 0.190. The van der Waals surface area contributed by atoms with Crippen LogP contribution in [0.25, 0.3) is 10.2 Å². The van der Waals surface area contributed by atoms with E-state index in [1.165, 1.54) is 23.5 Å². The zero-order valence-electron chi connectivity index (χ0n) is 16.5. The molecule has 1 amide bonds. The second-order valence-corrected chi connectivity index (χ2v) is 9.37. The second-order valence-electron chi connectivity index (χ2n) is 6.37. The normalized spacial score (nSPS) is 12.1. The van der Waals surface area contributed by atoms with Crippen LogP contribution < -0.4 is 4.80 Å². The molecule has 0 saturated heterocycles. The largest absolute Gasteiger partial charge is 0.462 e. The molecule has 0 bridgehead atoms. The third-order valence-corrected chi connectivity index (χ3v) is 6.42. The van der Waals surface area contributed by atoms with Gasteiger partial charge in [-0.25, -0.2) is 13.2 Å². The van der Waals surface area contributed by atoms with Gasteiger partial charge in [0.2, 0.25) is 0 Å². The van der Waals surface area contributed by atoms with Crippen molar-refractivity contribution in [3.63, 3.8) is 0 Å². The van der Waals surface area contributed by atoms with Crippen molar-refractivity contribution in [2.24, 2.45) is 4.99 Å². The summed E-state index contributed by atoms with van der Waals surface area (Å²) in [6.45, 7) is 6.13. The van der Waals surface area contributed by atoms with Crippen LogP contribution in [0, 0.1) is 0 Å². The van der Waals surface area contributed by atoms with Gasteiger partial charge in [-0.2, -0.15) is 4.99 Å². The lowest BCUT2D eigenvalue weighted by atomic mass is 10.2. The Morgan fingerprint density at radius 2 is 1.97 bits per heavy atom. The number of rotatable bonds is 6. The molecule has 9 heteroatoms. The van der Waals surface area contributed by atoms with E-state index in [4.69, 9.17) is 4.74 Å². The van der Waals surface area contributed by atoms with E-state index in [2.05, 4.69) is 11.6 Å². The van der Waals surface area contributed by atoms with Crippen LogP contribution >= 0.6 is 11.3 Å². The number of carbonyl (C=O) groups excluding carboxylic acids is 2. The Hall–Kier alpha value is -3.04. The van der Waals surface area contributed by atoms with Gasteiger partial charge < -0.3 is 9.30 Å². The van der Waals surface area contributed by atoms with E-state index in [1.54, 1.807) is 47.9 Å². The standard InChI is InChI=1S/C21H20N2O5S2/c1-4-12-23-16-11-10-14(20(25)28-5-2)13-17(16)29-21(23)22-19(24)15-8-6-7-9-18(15)30(3,26)27/h4,6-11,13H,1,5,12H2,2-3H3. The summed E-state index contributed by atoms with van der Waals surface area (Å²) in [5, 5.41) is 0. The molecule has 1 heterocycles. The number of ether oxygens (including phenoxy) is 1. The summed E-state index contributed by atoms with van der Waals surface area (Å²) in [5.41, 5.74) is 1.18. The Morgan fingerprint density at radius 3 is 2.63 bits per heavy atom. The number of allylic oxidation sites excluding steroid dienone is 1. The molecule has 2 aromatic carbocycles. The molecule has 0 radical (unpaired) electrons. The summed E-state index contributed by atoms with van der Waals surface area (Å²) in [7, 11) is -3.59. The van der Waals surface area contributed by atoms with E-state index in [1.807, 2.05) is 0 Å². The number of sulfone groups is 1. The molecule has 1 aromatic heterocycles. The molecule has 30 heavy (non-hydrogen) atoms. The summed E-state index contributed by atoms with van der Waals surface area (Å²) in [5.74, 6) is -1.09. The molecular weight excluding hydrogens is 424 g/mol. The number of esters is 1. The average Bonchev–Trinajstić information content (AvgIpc) is 3.04. The van der Waals surface area contributed by atoms with E-state index in [-0.39, 0.29) is 17.1 Å². The molecule has 0 N–H and O–H groups in total. The van der Waals surface area contributed by atoms with Gasteiger partial charge >= 0.3 is 5.97 Å². The Morgan fingerprint density at radius 1 is 1.23 bits per heavy atom. The first-order valence-electron chi connectivity index (χ1n) is 9.05. The Labute approximate surface area is 177 Å². The van der Waals surface area contributed by atoms with E-state index in [9.17, 15) is 18.0 Å². The zero-order valence-corrected chi connectivity index (χ0v) is 18.1. The van der Waals surface area contributed by atoms with Crippen LogP contribution in [0.5, 0.6) is 0 Å². The highest BCUT2D eigenvalue weighted by molar-refractivity contribution is 7.90. The van der Waals surface area contributed by atoms with E-state index < -0.39 is 21.7 Å². The monoisotopic (exact) mass is 444 g/mol. The number of aromatic nitrogens is 1. The van der Waals surface area contributed by atoms with Crippen molar-refractivity contribution in [2.75, 3.05) is 12.9 Å². The predicted molar refractivity (Wildman–Crippen MR) is 115 cm³/mol. The Balaban J connectivity index is 2.16. The first kappa shape index (κ1) is 21.7. The van der Waals surface area contributed by atoms with Gasteiger partial charge in [-0.05, 0) is 37.3 Å². The first-order valence-corrected chi connectivity index (χ1v) is 11.8. The number of amides is 1. The number of benzene rings is 2. The average molecular weight is 445 g/mol. The molecule has 0 aliphatic rings. The van der Waals surface area contributed by atoms with Crippen molar-refractivity contribution < 1.29 is 22.7 Å². The zero-order chi connectivity index (χ0) is 21.9. The second kappa shape index (κ2) is 8.76. The molecule has 0 aliphatic carbocycles. The summed E-state index contributed by atoms with van der Waals surface area (Å²) in [4.78, 5) is 29.4. The van der Waals surface area contributed by atoms with Gasteiger partial charge in [0, 0.05) is 12.8 Å². The number of thiazole rings is 1. The van der Waals surface area contributed by atoms with Crippen LogP contribution in [0.1, 0.15) is 27.6 Å². The van der Waals surface area contributed by atoms with Gasteiger partial charge in [-0.3, -0.25) is 4.79 Å². The molecule has 7 nitrogen and oxygen atoms in total. The first-order chi connectivity index (χ1) is 14.3. The lowest BCUT2D eigenvalue weighted by molar-refractivity contribution is 0.0526. The van der Waals surface area contributed by atoms with Gasteiger partial charge in [0.15, 0.2) is 14.6 Å². The maximum atomic E-state index is 12.8. The van der Waals surface area contributed by atoms with Crippen molar-refractivity contribution in [1.82, 2.24) is 4.57 Å². The SMILES string of the molecule is C=CCn1c(=NC(=O)c2ccccc2S(C)(=O)=O)sc2cc(C(=O)OCC)ccc21. The van der Waals surface area contributed by atoms with Crippen molar-refractivity contribution in [2.45, 2.75) is 18.4 Å². The van der Waals surface area contributed by atoms with Gasteiger partial charge in [0.05, 0.1) is 32.8 Å². The van der Waals surface area contributed by atoms with Crippen LogP contribution in [0.2, 0.25) is 0 Å². The highest BCUT2D eigenvalue weighted by Crippen LogP contribution is 2.21. The summed E-state index contributed by atoms with van der Waals surface area (Å²) in [6.07, 6.45) is 2.71. The van der Waals surface area contributed by atoms with Gasteiger partial charge in [0.1, 0.15) is 0 Å². The number of hydrogen-bond acceptors (Lipinski definition) is 6. The molecule has 0 unspecified atom stereocenters. The van der Waals surface area contributed by atoms with Gasteiger partial charge in [0.25, 0.3) is 5.91 Å². The Kier molecular flexibility index (Phi) is 6.33. The minimum Gasteiger partial charge on any atom is -0.462 e. The molecule has 156 valence electrons. The lowest BCUT2D eigenvalue weighted by Crippen LogP contribution is -2.17. The number of fused-ring (bicyclic) bond motifs is 1. The van der Waals surface area contributed by atoms with E-state index in [0.717, 1.165) is 16.5 Å². The third-order valence-electron chi connectivity index (χ3n) is 4.22.